The highest BCUT2D eigenvalue weighted by atomic mass is 19.4. The summed E-state index contributed by atoms with van der Waals surface area (Å²) in [7, 11) is 1.16. The molecule has 0 aliphatic heterocycles. The smallest absolute Gasteiger partial charge is 0.479 e. The van der Waals surface area contributed by atoms with Crippen LogP contribution in [0, 0.1) is 0 Å². The summed E-state index contributed by atoms with van der Waals surface area (Å²) in [6, 6.07) is 4.41. The molecule has 0 aliphatic rings. The zero-order valence-electron chi connectivity index (χ0n) is 10.8. The highest BCUT2D eigenvalue weighted by Crippen LogP contribution is 2.23. The molecular formula is C12H12F3NO5. The molecule has 0 aliphatic carbocycles. The van der Waals surface area contributed by atoms with Crippen LogP contribution >= 0.6 is 0 Å². The average Bonchev–Trinajstić information content (AvgIpc) is 2.37. The number of aliphatic carboxylic acids is 1. The Balaban J connectivity index is 2.70. The second kappa shape index (κ2) is 6.93. The van der Waals surface area contributed by atoms with Gasteiger partial charge in [-0.25, -0.2) is 4.79 Å². The molecule has 1 rings (SSSR count). The van der Waals surface area contributed by atoms with Crippen LogP contribution in [0.5, 0.6) is 5.75 Å². The first kappa shape index (κ1) is 16.8. The zero-order valence-corrected chi connectivity index (χ0v) is 10.8. The van der Waals surface area contributed by atoms with Crippen molar-refractivity contribution in [2.24, 2.45) is 0 Å². The van der Waals surface area contributed by atoms with E-state index in [1.807, 2.05) is 0 Å². The van der Waals surface area contributed by atoms with E-state index in [9.17, 15) is 22.8 Å². The largest absolute Gasteiger partial charge is 0.573 e. The molecule has 2 N–H and O–H groups in total. The third-order valence-corrected chi connectivity index (χ3v) is 2.34. The number of halogens is 3. The molecule has 1 amide bonds. The van der Waals surface area contributed by atoms with Crippen LogP contribution in [0.3, 0.4) is 0 Å². The third kappa shape index (κ3) is 5.69. The van der Waals surface area contributed by atoms with Gasteiger partial charge in [-0.2, -0.15) is 0 Å². The van der Waals surface area contributed by atoms with E-state index in [4.69, 9.17) is 5.11 Å². The number of hydrogen-bond donors (Lipinski definition) is 2. The van der Waals surface area contributed by atoms with Crippen molar-refractivity contribution < 1.29 is 37.3 Å². The molecule has 0 saturated carbocycles. The van der Waals surface area contributed by atoms with Crippen molar-refractivity contribution in [3.05, 3.63) is 29.8 Å². The molecule has 0 aromatic heterocycles. The van der Waals surface area contributed by atoms with Crippen LogP contribution in [0.4, 0.5) is 13.2 Å². The van der Waals surface area contributed by atoms with Crippen LogP contribution in [0.15, 0.2) is 24.3 Å². The monoisotopic (exact) mass is 307 g/mol. The summed E-state index contributed by atoms with van der Waals surface area (Å²) >= 11 is 0. The van der Waals surface area contributed by atoms with Gasteiger partial charge in [0.1, 0.15) is 5.75 Å². The Hall–Kier alpha value is -2.29. The summed E-state index contributed by atoms with van der Waals surface area (Å²) in [5.74, 6) is -2.56. The zero-order chi connectivity index (χ0) is 16.0. The molecule has 116 valence electrons. The Labute approximate surface area is 117 Å². The summed E-state index contributed by atoms with van der Waals surface area (Å²) in [6.45, 7) is -0.324. The molecule has 21 heavy (non-hydrogen) atoms. The van der Waals surface area contributed by atoms with E-state index in [0.717, 1.165) is 19.2 Å². The molecule has 0 bridgehead atoms. The number of ether oxygens (including phenoxy) is 2. The van der Waals surface area contributed by atoms with Crippen LogP contribution < -0.4 is 10.1 Å². The first-order valence-electron chi connectivity index (χ1n) is 5.62. The number of carboxylic acids is 1. The molecule has 1 atom stereocenters. The number of hydrogen-bond acceptors (Lipinski definition) is 4. The van der Waals surface area contributed by atoms with Gasteiger partial charge in [-0.3, -0.25) is 4.79 Å². The lowest BCUT2D eigenvalue weighted by Gasteiger charge is -2.12. The molecular weight excluding hydrogens is 295 g/mol. The van der Waals surface area contributed by atoms with E-state index in [2.05, 4.69) is 14.8 Å². The van der Waals surface area contributed by atoms with Gasteiger partial charge in [0.25, 0.3) is 5.91 Å². The number of rotatable bonds is 6. The van der Waals surface area contributed by atoms with Gasteiger partial charge < -0.3 is 19.9 Å². The van der Waals surface area contributed by atoms with Gasteiger partial charge in [0.05, 0.1) is 6.54 Å². The quantitative estimate of drug-likeness (QED) is 0.830. The molecule has 9 heteroatoms. The summed E-state index contributed by atoms with van der Waals surface area (Å²) in [6.07, 6.45) is -6.11. The van der Waals surface area contributed by atoms with Crippen molar-refractivity contribution in [1.82, 2.24) is 5.32 Å². The predicted molar refractivity (Wildman–Crippen MR) is 63.9 cm³/mol. The number of amides is 1. The minimum Gasteiger partial charge on any atom is -0.479 e. The maximum atomic E-state index is 12.1. The third-order valence-electron chi connectivity index (χ3n) is 2.34. The molecule has 1 aromatic rings. The molecule has 0 heterocycles. The van der Waals surface area contributed by atoms with Crippen molar-refractivity contribution in [2.45, 2.75) is 12.5 Å². The van der Waals surface area contributed by atoms with Crippen molar-refractivity contribution in [1.29, 1.82) is 0 Å². The van der Waals surface area contributed by atoms with Crippen molar-refractivity contribution >= 4 is 11.9 Å². The summed E-state index contributed by atoms with van der Waals surface area (Å²) in [5.41, 5.74) is -0.100. The topological polar surface area (TPSA) is 84.9 Å². The maximum absolute atomic E-state index is 12.1. The van der Waals surface area contributed by atoms with E-state index in [0.29, 0.717) is 0 Å². The maximum Gasteiger partial charge on any atom is 0.573 e. The summed E-state index contributed by atoms with van der Waals surface area (Å²) in [5, 5.41) is 10.9. The number of benzene rings is 1. The Bertz CT molecular complexity index is 518. The minimum atomic E-state index is -4.86. The Kier molecular flexibility index (Phi) is 5.53. The van der Waals surface area contributed by atoms with Crippen LogP contribution in [0.1, 0.15) is 10.4 Å². The van der Waals surface area contributed by atoms with Crippen LogP contribution in [-0.4, -0.2) is 43.1 Å². The lowest BCUT2D eigenvalue weighted by molar-refractivity contribution is -0.274. The highest BCUT2D eigenvalue weighted by Gasteiger charge is 2.31. The average molecular weight is 307 g/mol. The van der Waals surface area contributed by atoms with E-state index in [-0.39, 0.29) is 12.1 Å². The number of carbonyl (C=O) groups excluding carboxylic acids is 1. The number of carboxylic acid groups (broad SMARTS) is 1. The number of carbonyl (C=O) groups is 2. The van der Waals surface area contributed by atoms with Gasteiger partial charge in [-0.15, -0.1) is 13.2 Å². The van der Waals surface area contributed by atoms with E-state index in [1.54, 1.807) is 0 Å². The van der Waals surface area contributed by atoms with Crippen LogP contribution in [0.2, 0.25) is 0 Å². The van der Waals surface area contributed by atoms with Gasteiger partial charge in [-0.1, -0.05) is 6.07 Å². The first-order valence-corrected chi connectivity index (χ1v) is 5.62. The van der Waals surface area contributed by atoms with Crippen LogP contribution in [-0.2, 0) is 9.53 Å². The predicted octanol–water partition coefficient (Wildman–Crippen LogP) is 1.41. The Morgan fingerprint density at radius 1 is 1.38 bits per heavy atom. The van der Waals surface area contributed by atoms with Crippen molar-refractivity contribution in [3.63, 3.8) is 0 Å². The minimum absolute atomic E-state index is 0.100. The molecule has 1 unspecified atom stereocenters. The van der Waals surface area contributed by atoms with Gasteiger partial charge >= 0.3 is 12.3 Å². The van der Waals surface area contributed by atoms with Gasteiger partial charge in [-0.05, 0) is 18.2 Å². The number of nitrogens with one attached hydrogen (secondary N) is 1. The van der Waals surface area contributed by atoms with Gasteiger partial charge in [0.15, 0.2) is 6.10 Å². The fourth-order valence-corrected chi connectivity index (χ4v) is 1.39. The van der Waals surface area contributed by atoms with Crippen molar-refractivity contribution in [3.8, 4) is 5.75 Å². The summed E-state index contributed by atoms with van der Waals surface area (Å²) in [4.78, 5) is 22.4. The lowest BCUT2D eigenvalue weighted by atomic mass is 10.2. The molecule has 1 aromatic carbocycles. The van der Waals surface area contributed by atoms with Crippen molar-refractivity contribution in [2.75, 3.05) is 13.7 Å². The van der Waals surface area contributed by atoms with E-state index >= 15 is 0 Å². The fraction of sp³-hybridized carbons (Fsp3) is 0.333. The standard InChI is InChI=1S/C12H12F3NO5/c1-20-9(11(18)19)6-16-10(17)7-3-2-4-8(5-7)21-12(13,14)15/h2-5,9H,6H2,1H3,(H,16,17)(H,18,19). The Morgan fingerprint density at radius 2 is 2.05 bits per heavy atom. The SMILES string of the molecule is COC(CNC(=O)c1cccc(OC(F)(F)F)c1)C(=O)O. The molecule has 6 nitrogen and oxygen atoms in total. The Morgan fingerprint density at radius 3 is 2.57 bits per heavy atom. The van der Waals surface area contributed by atoms with E-state index in [1.165, 1.54) is 12.1 Å². The van der Waals surface area contributed by atoms with Gasteiger partial charge in [0, 0.05) is 12.7 Å². The molecule has 0 fully saturated rings. The van der Waals surface area contributed by atoms with Gasteiger partial charge in [0.2, 0.25) is 0 Å². The second-order valence-corrected chi connectivity index (χ2v) is 3.85. The first-order chi connectivity index (χ1) is 9.73. The second-order valence-electron chi connectivity index (χ2n) is 3.85. The highest BCUT2D eigenvalue weighted by molar-refractivity contribution is 5.94. The molecule has 0 saturated heterocycles. The summed E-state index contributed by atoms with van der Waals surface area (Å²) < 4.78 is 44.5. The molecule has 0 spiro atoms. The normalized spacial score (nSPS) is 12.6. The number of methoxy groups -OCH3 is 1. The molecule has 0 radical (unpaired) electrons. The van der Waals surface area contributed by atoms with Crippen LogP contribution in [0.25, 0.3) is 0 Å². The van der Waals surface area contributed by atoms with E-state index < -0.39 is 30.1 Å². The fourth-order valence-electron chi connectivity index (χ4n) is 1.39. The lowest BCUT2D eigenvalue weighted by Crippen LogP contribution is -2.37. The number of alkyl halides is 3.